The Morgan fingerprint density at radius 3 is 2.24 bits per heavy atom. The first-order valence-electron chi connectivity index (χ1n) is 7.85. The van der Waals surface area contributed by atoms with Crippen molar-refractivity contribution < 1.29 is 12.6 Å². The second-order valence-corrected chi connectivity index (χ2v) is 10.2. The van der Waals surface area contributed by atoms with E-state index in [-0.39, 0.29) is 14.0 Å². The van der Waals surface area contributed by atoms with Crippen molar-refractivity contribution in [3.63, 3.8) is 0 Å². The molecule has 0 heterocycles. The van der Waals surface area contributed by atoms with Crippen LogP contribution in [0, 0.1) is 11.8 Å². The minimum Gasteiger partial charge on any atom is -0.267 e. The summed E-state index contributed by atoms with van der Waals surface area (Å²) in [4.78, 5) is 0. The SMILES string of the molecule is BCC(CP(CC)CC)C(CC1C=CC=C1)OS(C)(=O)=O. The summed E-state index contributed by atoms with van der Waals surface area (Å²) < 4.78 is 28.7. The van der Waals surface area contributed by atoms with Gasteiger partial charge < -0.3 is 0 Å². The van der Waals surface area contributed by atoms with Crippen molar-refractivity contribution in [2.45, 2.75) is 32.7 Å². The van der Waals surface area contributed by atoms with Crippen LogP contribution in [0.2, 0.25) is 6.32 Å². The molecule has 0 N–H and O–H groups in total. The standard InChI is InChI=1S/C15H28BO3PS/c1-4-20(5-2)12-14(11-16)15(19-21(3,17)18)10-13-8-6-7-9-13/h6-9,13-15H,4-5,10-12,16H2,1-3H3. The van der Waals surface area contributed by atoms with Gasteiger partial charge in [0.1, 0.15) is 7.85 Å². The summed E-state index contributed by atoms with van der Waals surface area (Å²) in [6.07, 6.45) is 14.5. The average molecular weight is 330 g/mol. The molecule has 0 spiro atoms. The molecule has 2 atom stereocenters. The molecule has 0 aliphatic heterocycles. The molecule has 0 fully saturated rings. The maximum Gasteiger partial charge on any atom is 0.264 e. The molecule has 0 radical (unpaired) electrons. The molecule has 0 amide bonds. The van der Waals surface area contributed by atoms with Crippen LogP contribution in [-0.2, 0) is 14.3 Å². The first-order valence-corrected chi connectivity index (χ1v) is 11.6. The minimum absolute atomic E-state index is 0.00420. The van der Waals surface area contributed by atoms with Crippen molar-refractivity contribution in [3.05, 3.63) is 24.3 Å². The third-order valence-corrected chi connectivity index (χ3v) is 7.44. The summed E-state index contributed by atoms with van der Waals surface area (Å²) in [5, 5.41) is 0. The molecule has 1 rings (SSSR count). The molecule has 0 aromatic heterocycles. The largest absolute Gasteiger partial charge is 0.267 e. The van der Waals surface area contributed by atoms with Gasteiger partial charge in [0.2, 0.25) is 0 Å². The molecule has 2 unspecified atom stereocenters. The topological polar surface area (TPSA) is 43.4 Å². The van der Waals surface area contributed by atoms with Crippen molar-refractivity contribution >= 4 is 25.9 Å². The highest BCUT2D eigenvalue weighted by Crippen LogP contribution is 2.40. The van der Waals surface area contributed by atoms with E-state index in [2.05, 4.69) is 33.8 Å². The van der Waals surface area contributed by atoms with Gasteiger partial charge in [0.05, 0.1) is 12.4 Å². The Bertz CT molecular complexity index is 446. The van der Waals surface area contributed by atoms with Gasteiger partial charge in [-0.1, -0.05) is 44.5 Å². The van der Waals surface area contributed by atoms with Gasteiger partial charge in [-0.15, -0.1) is 7.92 Å². The smallest absolute Gasteiger partial charge is 0.264 e. The van der Waals surface area contributed by atoms with Crippen molar-refractivity contribution in [3.8, 4) is 0 Å². The lowest BCUT2D eigenvalue weighted by Crippen LogP contribution is -2.30. The van der Waals surface area contributed by atoms with E-state index in [0.717, 1.165) is 25.2 Å². The van der Waals surface area contributed by atoms with Crippen LogP contribution in [0.5, 0.6) is 0 Å². The normalized spacial score (nSPS) is 18.5. The van der Waals surface area contributed by atoms with Crippen molar-refractivity contribution in [1.82, 2.24) is 0 Å². The van der Waals surface area contributed by atoms with E-state index in [4.69, 9.17) is 4.18 Å². The molecule has 0 saturated heterocycles. The van der Waals surface area contributed by atoms with Gasteiger partial charge in [-0.2, -0.15) is 8.42 Å². The Kier molecular flexibility index (Phi) is 8.22. The Morgan fingerprint density at radius 2 is 1.81 bits per heavy atom. The van der Waals surface area contributed by atoms with E-state index in [1.165, 1.54) is 12.3 Å². The summed E-state index contributed by atoms with van der Waals surface area (Å²) >= 11 is 0. The van der Waals surface area contributed by atoms with Gasteiger partial charge in [0.15, 0.2) is 0 Å². The molecule has 0 aromatic rings. The molecule has 1 aliphatic carbocycles. The quantitative estimate of drug-likeness (QED) is 0.351. The van der Waals surface area contributed by atoms with E-state index in [1.54, 1.807) is 0 Å². The van der Waals surface area contributed by atoms with E-state index < -0.39 is 10.1 Å². The Labute approximate surface area is 132 Å². The van der Waals surface area contributed by atoms with Crippen LogP contribution < -0.4 is 0 Å². The van der Waals surface area contributed by atoms with Crippen LogP contribution >= 0.6 is 7.92 Å². The third kappa shape index (κ3) is 7.12. The van der Waals surface area contributed by atoms with E-state index in [9.17, 15) is 8.42 Å². The molecule has 21 heavy (non-hydrogen) atoms. The summed E-state index contributed by atoms with van der Waals surface area (Å²) in [6.45, 7) is 4.47. The van der Waals surface area contributed by atoms with Crippen LogP contribution in [0.4, 0.5) is 0 Å². The first-order chi connectivity index (χ1) is 9.89. The number of hydrogen-bond acceptors (Lipinski definition) is 3. The highest BCUT2D eigenvalue weighted by Gasteiger charge is 2.28. The fraction of sp³-hybridized carbons (Fsp3) is 0.733. The number of rotatable bonds is 10. The van der Waals surface area contributed by atoms with Gasteiger partial charge >= 0.3 is 0 Å². The van der Waals surface area contributed by atoms with Crippen LogP contribution in [0.25, 0.3) is 0 Å². The van der Waals surface area contributed by atoms with Crippen LogP contribution in [0.1, 0.15) is 20.3 Å². The minimum atomic E-state index is -3.41. The average Bonchev–Trinajstić information content (AvgIpc) is 2.91. The number of hydrogen-bond donors (Lipinski definition) is 0. The molecule has 120 valence electrons. The molecule has 0 aromatic carbocycles. The van der Waals surface area contributed by atoms with E-state index in [0.29, 0.717) is 11.8 Å². The van der Waals surface area contributed by atoms with Crippen molar-refractivity contribution in [1.29, 1.82) is 0 Å². The number of allylic oxidation sites excluding steroid dienone is 4. The summed E-state index contributed by atoms with van der Waals surface area (Å²) in [7, 11) is -1.27. The lowest BCUT2D eigenvalue weighted by molar-refractivity contribution is 0.146. The highest BCUT2D eigenvalue weighted by molar-refractivity contribution is 7.86. The summed E-state index contributed by atoms with van der Waals surface area (Å²) in [5.74, 6) is 0.633. The molecule has 0 bridgehead atoms. The van der Waals surface area contributed by atoms with Crippen molar-refractivity contribution in [2.24, 2.45) is 11.8 Å². The van der Waals surface area contributed by atoms with Gasteiger partial charge in [-0.3, -0.25) is 4.18 Å². The molecule has 1 aliphatic rings. The molecular formula is C15H28BO3PS. The zero-order valence-corrected chi connectivity index (χ0v) is 15.4. The van der Waals surface area contributed by atoms with Crippen LogP contribution in [0.15, 0.2) is 24.3 Å². The fourth-order valence-electron chi connectivity index (χ4n) is 2.76. The Balaban J connectivity index is 2.79. The van der Waals surface area contributed by atoms with Gasteiger partial charge in [0.25, 0.3) is 10.1 Å². The monoisotopic (exact) mass is 330 g/mol. The predicted molar refractivity (Wildman–Crippen MR) is 95.8 cm³/mol. The second kappa shape index (κ2) is 9.12. The molecule has 3 nitrogen and oxygen atoms in total. The van der Waals surface area contributed by atoms with Gasteiger partial charge in [-0.25, -0.2) is 0 Å². The van der Waals surface area contributed by atoms with Gasteiger partial charge in [0, 0.05) is 0 Å². The molecule has 0 saturated carbocycles. The van der Waals surface area contributed by atoms with Gasteiger partial charge in [-0.05, 0) is 36.7 Å². The lowest BCUT2D eigenvalue weighted by Gasteiger charge is -2.29. The first kappa shape index (κ1) is 18.9. The Hall–Kier alpha value is -0.115. The lowest BCUT2D eigenvalue weighted by atomic mass is 9.85. The summed E-state index contributed by atoms with van der Waals surface area (Å²) in [6, 6.07) is 0. The summed E-state index contributed by atoms with van der Waals surface area (Å²) in [5.41, 5.74) is 0. The van der Waals surface area contributed by atoms with Crippen LogP contribution in [-0.4, -0.2) is 47.1 Å². The zero-order chi connectivity index (χ0) is 15.9. The Morgan fingerprint density at radius 1 is 1.24 bits per heavy atom. The molecule has 6 heteroatoms. The fourth-order valence-corrected chi connectivity index (χ4v) is 5.57. The highest BCUT2D eigenvalue weighted by atomic mass is 32.2. The second-order valence-electron chi connectivity index (χ2n) is 5.66. The van der Waals surface area contributed by atoms with E-state index in [1.807, 2.05) is 12.2 Å². The zero-order valence-electron chi connectivity index (χ0n) is 13.7. The third-order valence-electron chi connectivity index (χ3n) is 4.07. The maximum absolute atomic E-state index is 11.6. The maximum atomic E-state index is 11.6. The predicted octanol–water partition coefficient (Wildman–Crippen LogP) is 2.65. The van der Waals surface area contributed by atoms with Crippen LogP contribution in [0.3, 0.4) is 0 Å². The molecular weight excluding hydrogens is 302 g/mol. The van der Waals surface area contributed by atoms with E-state index >= 15 is 0 Å². The van der Waals surface area contributed by atoms with Crippen molar-refractivity contribution in [2.75, 3.05) is 24.7 Å².